The minimum absolute atomic E-state index is 0.712. The van der Waals surface area contributed by atoms with Crippen LogP contribution in [0.15, 0.2) is 0 Å². The van der Waals surface area contributed by atoms with Gasteiger partial charge in [0.2, 0.25) is 0 Å². The molecule has 0 aromatic carbocycles. The molecule has 1 rings (SSSR count). The molecule has 2 heteroatoms. The van der Waals surface area contributed by atoms with E-state index in [4.69, 9.17) is 0 Å². The van der Waals surface area contributed by atoms with Crippen molar-refractivity contribution in [3.8, 4) is 0 Å². The molecule has 0 aromatic heterocycles. The van der Waals surface area contributed by atoms with Crippen LogP contribution in [0, 0.1) is 0 Å². The molecule has 0 spiro atoms. The Labute approximate surface area is 68.2 Å². The highest BCUT2D eigenvalue weighted by Crippen LogP contribution is 2.22. The summed E-state index contributed by atoms with van der Waals surface area (Å²) >= 11 is 2.09. The number of rotatable bonds is 2. The van der Waals surface area contributed by atoms with E-state index >= 15 is 0 Å². The van der Waals surface area contributed by atoms with Crippen molar-refractivity contribution in [1.29, 1.82) is 0 Å². The Morgan fingerprint density at radius 3 is 2.60 bits per heavy atom. The molecular weight excluding hydrogens is 142 g/mol. The maximum absolute atomic E-state index is 2.49. The third-order valence-electron chi connectivity index (χ3n) is 2.30. The first-order chi connectivity index (χ1) is 4.72. The van der Waals surface area contributed by atoms with Crippen molar-refractivity contribution in [3.05, 3.63) is 0 Å². The molecule has 0 saturated carbocycles. The highest BCUT2D eigenvalue weighted by Gasteiger charge is 2.21. The molecule has 1 saturated heterocycles. The Balaban J connectivity index is 2.32. The monoisotopic (exact) mass is 159 g/mol. The molecule has 0 N–H and O–H groups in total. The van der Waals surface area contributed by atoms with Gasteiger partial charge in [-0.2, -0.15) is 11.8 Å². The van der Waals surface area contributed by atoms with Crippen LogP contribution in [0.4, 0.5) is 0 Å². The lowest BCUT2D eigenvalue weighted by Crippen LogP contribution is -2.36. The second-order valence-corrected chi connectivity index (χ2v) is 4.43. The van der Waals surface area contributed by atoms with E-state index < -0.39 is 0 Å². The average Bonchev–Trinajstić information content (AvgIpc) is 2.36. The molecule has 1 atom stereocenters. The molecule has 0 radical (unpaired) electrons. The van der Waals surface area contributed by atoms with E-state index in [0.717, 1.165) is 6.04 Å². The van der Waals surface area contributed by atoms with Crippen molar-refractivity contribution in [3.63, 3.8) is 0 Å². The van der Waals surface area contributed by atoms with Crippen molar-refractivity contribution in [1.82, 2.24) is 4.90 Å². The zero-order chi connectivity index (χ0) is 7.56. The fourth-order valence-corrected chi connectivity index (χ4v) is 2.54. The molecule has 10 heavy (non-hydrogen) atoms. The first-order valence-electron chi connectivity index (χ1n) is 4.01. The predicted molar refractivity (Wildman–Crippen MR) is 48.6 cm³/mol. The van der Waals surface area contributed by atoms with Gasteiger partial charge < -0.3 is 4.90 Å². The van der Waals surface area contributed by atoms with Crippen LogP contribution >= 0.6 is 11.8 Å². The van der Waals surface area contributed by atoms with Gasteiger partial charge in [0, 0.05) is 17.8 Å². The first kappa shape index (κ1) is 8.41. The van der Waals surface area contributed by atoms with Crippen LogP contribution in [-0.2, 0) is 0 Å². The van der Waals surface area contributed by atoms with Gasteiger partial charge in [-0.3, -0.25) is 0 Å². The Bertz CT molecular complexity index is 97.4. The molecule has 1 heterocycles. The Kier molecular flexibility index (Phi) is 3.05. The zero-order valence-corrected chi connectivity index (χ0v) is 7.95. The van der Waals surface area contributed by atoms with Crippen molar-refractivity contribution in [2.24, 2.45) is 0 Å². The molecule has 0 aromatic rings. The molecule has 1 aliphatic rings. The van der Waals surface area contributed by atoms with Crippen LogP contribution in [0.25, 0.3) is 0 Å². The van der Waals surface area contributed by atoms with Crippen LogP contribution < -0.4 is 0 Å². The third kappa shape index (κ3) is 1.89. The minimum atomic E-state index is 0.712. The SMILES string of the molecule is CC(C)N(C)C1CCSC1. The fraction of sp³-hybridized carbons (Fsp3) is 1.00. The van der Waals surface area contributed by atoms with E-state index in [0.29, 0.717) is 6.04 Å². The first-order valence-corrected chi connectivity index (χ1v) is 5.17. The Morgan fingerprint density at radius 2 is 2.20 bits per heavy atom. The largest absolute Gasteiger partial charge is 0.300 e. The molecule has 0 aliphatic carbocycles. The van der Waals surface area contributed by atoms with Gasteiger partial charge in [0.1, 0.15) is 0 Å². The summed E-state index contributed by atoms with van der Waals surface area (Å²) in [5, 5.41) is 0. The van der Waals surface area contributed by atoms with E-state index in [9.17, 15) is 0 Å². The van der Waals surface area contributed by atoms with Crippen molar-refractivity contribution < 1.29 is 0 Å². The van der Waals surface area contributed by atoms with Crippen LogP contribution in [0.2, 0.25) is 0 Å². The lowest BCUT2D eigenvalue weighted by molar-refractivity contribution is 0.212. The van der Waals surface area contributed by atoms with Crippen molar-refractivity contribution in [2.75, 3.05) is 18.6 Å². The lowest BCUT2D eigenvalue weighted by atomic mass is 10.2. The standard InChI is InChI=1S/C8H17NS/c1-7(2)9(3)8-4-5-10-6-8/h7-8H,4-6H2,1-3H3. The second kappa shape index (κ2) is 3.63. The summed E-state index contributed by atoms with van der Waals surface area (Å²) in [5.74, 6) is 2.70. The lowest BCUT2D eigenvalue weighted by Gasteiger charge is -2.27. The molecule has 1 fully saturated rings. The van der Waals surface area contributed by atoms with E-state index in [1.165, 1.54) is 17.9 Å². The van der Waals surface area contributed by atoms with Crippen LogP contribution in [0.1, 0.15) is 20.3 Å². The summed E-state index contributed by atoms with van der Waals surface area (Å²) < 4.78 is 0. The van der Waals surface area contributed by atoms with Crippen LogP contribution in [-0.4, -0.2) is 35.5 Å². The Morgan fingerprint density at radius 1 is 1.50 bits per heavy atom. The van der Waals surface area contributed by atoms with Crippen LogP contribution in [0.3, 0.4) is 0 Å². The summed E-state index contributed by atoms with van der Waals surface area (Å²) in [6.07, 6.45) is 1.39. The van der Waals surface area contributed by atoms with Crippen molar-refractivity contribution >= 4 is 11.8 Å². The molecule has 1 aliphatic heterocycles. The fourth-order valence-electron chi connectivity index (χ4n) is 1.26. The second-order valence-electron chi connectivity index (χ2n) is 3.28. The average molecular weight is 159 g/mol. The maximum Gasteiger partial charge on any atom is 0.0193 e. The molecule has 60 valence electrons. The normalized spacial score (nSPS) is 26.7. The summed E-state index contributed by atoms with van der Waals surface area (Å²) in [6, 6.07) is 1.56. The molecule has 1 nitrogen and oxygen atoms in total. The maximum atomic E-state index is 2.49. The van der Waals surface area contributed by atoms with E-state index in [1.807, 2.05) is 0 Å². The van der Waals surface area contributed by atoms with Crippen molar-refractivity contribution in [2.45, 2.75) is 32.4 Å². The van der Waals surface area contributed by atoms with Crippen LogP contribution in [0.5, 0.6) is 0 Å². The highest BCUT2D eigenvalue weighted by molar-refractivity contribution is 7.99. The minimum Gasteiger partial charge on any atom is -0.300 e. The summed E-state index contributed by atoms with van der Waals surface area (Å²) in [4.78, 5) is 2.49. The van der Waals surface area contributed by atoms with E-state index in [2.05, 4.69) is 37.6 Å². The number of nitrogens with zero attached hydrogens (tertiary/aromatic N) is 1. The van der Waals surface area contributed by atoms with Gasteiger partial charge >= 0.3 is 0 Å². The van der Waals surface area contributed by atoms with Gasteiger partial charge in [-0.15, -0.1) is 0 Å². The topological polar surface area (TPSA) is 3.24 Å². The summed E-state index contributed by atoms with van der Waals surface area (Å²) in [5.41, 5.74) is 0. The Hall–Kier alpha value is 0.310. The zero-order valence-electron chi connectivity index (χ0n) is 7.13. The van der Waals surface area contributed by atoms with E-state index in [1.54, 1.807) is 0 Å². The number of hydrogen-bond donors (Lipinski definition) is 0. The number of thioether (sulfide) groups is 1. The van der Waals surface area contributed by atoms with E-state index in [-0.39, 0.29) is 0 Å². The van der Waals surface area contributed by atoms with Gasteiger partial charge in [-0.05, 0) is 33.1 Å². The summed E-state index contributed by atoms with van der Waals surface area (Å²) in [6.45, 7) is 4.53. The molecule has 0 amide bonds. The quantitative estimate of drug-likeness (QED) is 0.605. The van der Waals surface area contributed by atoms with Gasteiger partial charge in [-0.25, -0.2) is 0 Å². The molecular formula is C8H17NS. The molecule has 1 unspecified atom stereocenters. The van der Waals surface area contributed by atoms with Gasteiger partial charge in [0.15, 0.2) is 0 Å². The summed E-state index contributed by atoms with van der Waals surface area (Å²) in [7, 11) is 2.24. The third-order valence-corrected chi connectivity index (χ3v) is 3.44. The highest BCUT2D eigenvalue weighted by atomic mass is 32.2. The van der Waals surface area contributed by atoms with Gasteiger partial charge in [0.25, 0.3) is 0 Å². The predicted octanol–water partition coefficient (Wildman–Crippen LogP) is 1.83. The van der Waals surface area contributed by atoms with Gasteiger partial charge in [0.05, 0.1) is 0 Å². The van der Waals surface area contributed by atoms with Gasteiger partial charge in [-0.1, -0.05) is 0 Å². The smallest absolute Gasteiger partial charge is 0.0193 e. The number of hydrogen-bond acceptors (Lipinski definition) is 2. The molecule has 0 bridgehead atoms.